The fraction of sp³-hybridized carbons (Fsp3) is 0.0667. The van der Waals surface area contributed by atoms with Gasteiger partial charge in [-0.1, -0.05) is 53.2 Å². The van der Waals surface area contributed by atoms with Crippen molar-refractivity contribution in [3.05, 3.63) is 58.1 Å². The van der Waals surface area contributed by atoms with Crippen LogP contribution in [0.4, 0.5) is 0 Å². The molecule has 0 aliphatic heterocycles. The standard InChI is InChI=1S/C15H12Cl2N2O3/c16-11-5-6-14(12(17)7-11)22-9-15(21)19-18-8-10-3-1-2-4-13(10)20/h1-8,20H,9H2,(H,19,21)/p-1. The zero-order chi connectivity index (χ0) is 15.9. The van der Waals surface area contributed by atoms with Crippen LogP contribution in [0.15, 0.2) is 47.6 Å². The maximum Gasteiger partial charge on any atom is 0.277 e. The summed E-state index contributed by atoms with van der Waals surface area (Å²) in [6.07, 6.45) is 1.27. The van der Waals surface area contributed by atoms with E-state index in [9.17, 15) is 9.90 Å². The highest BCUT2D eigenvalue weighted by molar-refractivity contribution is 6.35. The second-order valence-corrected chi connectivity index (χ2v) is 5.04. The minimum atomic E-state index is -0.481. The quantitative estimate of drug-likeness (QED) is 0.673. The van der Waals surface area contributed by atoms with Crippen molar-refractivity contribution in [3.8, 4) is 11.5 Å². The summed E-state index contributed by atoms with van der Waals surface area (Å²) in [5.41, 5.74) is 2.64. The molecule has 2 aromatic carbocycles. The lowest BCUT2D eigenvalue weighted by Crippen LogP contribution is -2.24. The highest BCUT2D eigenvalue weighted by atomic mass is 35.5. The Hall–Kier alpha value is -2.24. The molecule has 0 aliphatic carbocycles. The number of nitrogens with zero attached hydrogens (tertiary/aromatic N) is 1. The number of halogens is 2. The first-order valence-corrected chi connectivity index (χ1v) is 6.97. The summed E-state index contributed by atoms with van der Waals surface area (Å²) in [6.45, 7) is -0.266. The number of nitrogens with one attached hydrogen (secondary N) is 1. The van der Waals surface area contributed by atoms with Gasteiger partial charge < -0.3 is 9.84 Å². The van der Waals surface area contributed by atoms with Gasteiger partial charge in [0, 0.05) is 5.02 Å². The van der Waals surface area contributed by atoms with Crippen molar-refractivity contribution in [2.24, 2.45) is 5.10 Å². The molecular formula is C15H11Cl2N2O3-. The Bertz CT molecular complexity index is 705. The van der Waals surface area contributed by atoms with Gasteiger partial charge in [-0.3, -0.25) is 4.79 Å². The van der Waals surface area contributed by atoms with E-state index in [2.05, 4.69) is 10.5 Å². The molecule has 7 heteroatoms. The van der Waals surface area contributed by atoms with Crippen molar-refractivity contribution < 1.29 is 14.6 Å². The summed E-state index contributed by atoms with van der Waals surface area (Å²) in [5, 5.41) is 15.9. The lowest BCUT2D eigenvalue weighted by Gasteiger charge is -2.08. The number of ether oxygens (including phenoxy) is 1. The molecule has 5 nitrogen and oxygen atoms in total. The van der Waals surface area contributed by atoms with E-state index >= 15 is 0 Å². The average Bonchev–Trinajstić information content (AvgIpc) is 2.48. The first kappa shape index (κ1) is 16.1. The molecule has 0 spiro atoms. The van der Waals surface area contributed by atoms with E-state index in [1.165, 1.54) is 18.3 Å². The first-order valence-electron chi connectivity index (χ1n) is 6.22. The van der Waals surface area contributed by atoms with Crippen molar-refractivity contribution >= 4 is 35.3 Å². The SMILES string of the molecule is O=C(COc1ccc(Cl)cc1Cl)NN=Cc1ccccc1[O-]. The Balaban J connectivity index is 1.84. The van der Waals surface area contributed by atoms with Crippen LogP contribution in [0.5, 0.6) is 11.5 Å². The third kappa shape index (κ3) is 4.65. The number of amides is 1. The Kier molecular flexibility index (Phi) is 5.63. The Morgan fingerprint density at radius 1 is 1.27 bits per heavy atom. The van der Waals surface area contributed by atoms with Crippen LogP contribution in [-0.4, -0.2) is 18.7 Å². The smallest absolute Gasteiger partial charge is 0.277 e. The molecule has 2 aromatic rings. The van der Waals surface area contributed by atoms with Gasteiger partial charge in [-0.2, -0.15) is 5.10 Å². The zero-order valence-corrected chi connectivity index (χ0v) is 12.8. The van der Waals surface area contributed by atoms with Crippen LogP contribution in [-0.2, 0) is 4.79 Å². The Morgan fingerprint density at radius 3 is 2.77 bits per heavy atom. The van der Waals surface area contributed by atoms with E-state index in [4.69, 9.17) is 27.9 Å². The number of benzene rings is 2. The van der Waals surface area contributed by atoms with E-state index in [1.807, 2.05) is 0 Å². The molecule has 0 bridgehead atoms. The maximum atomic E-state index is 11.6. The van der Waals surface area contributed by atoms with Gasteiger partial charge in [0.25, 0.3) is 5.91 Å². The van der Waals surface area contributed by atoms with E-state index in [1.54, 1.807) is 30.3 Å². The minimum Gasteiger partial charge on any atom is -0.872 e. The van der Waals surface area contributed by atoms with E-state index < -0.39 is 5.91 Å². The molecule has 0 radical (unpaired) electrons. The monoisotopic (exact) mass is 337 g/mol. The summed E-state index contributed by atoms with van der Waals surface area (Å²) in [5.74, 6) is -0.314. The summed E-state index contributed by atoms with van der Waals surface area (Å²) in [6, 6.07) is 11.0. The molecule has 0 heterocycles. The van der Waals surface area contributed by atoms with Crippen molar-refractivity contribution in [2.75, 3.05) is 6.61 Å². The number of hydrogen-bond donors (Lipinski definition) is 1. The molecule has 0 aromatic heterocycles. The maximum absolute atomic E-state index is 11.6. The normalized spacial score (nSPS) is 10.6. The lowest BCUT2D eigenvalue weighted by molar-refractivity contribution is -0.268. The molecule has 0 atom stereocenters. The van der Waals surface area contributed by atoms with E-state index in [0.29, 0.717) is 21.4 Å². The van der Waals surface area contributed by atoms with Crippen LogP contribution in [0, 0.1) is 0 Å². The number of hydrogen-bond acceptors (Lipinski definition) is 4. The van der Waals surface area contributed by atoms with Gasteiger partial charge in [-0.05, 0) is 23.8 Å². The highest BCUT2D eigenvalue weighted by Gasteiger charge is 2.05. The largest absolute Gasteiger partial charge is 0.872 e. The molecule has 0 saturated carbocycles. The fourth-order valence-electron chi connectivity index (χ4n) is 1.53. The van der Waals surface area contributed by atoms with Crippen molar-refractivity contribution in [1.82, 2.24) is 5.43 Å². The number of carbonyl (C=O) groups excluding carboxylic acids is 1. The first-order chi connectivity index (χ1) is 10.6. The minimum absolute atomic E-state index is 0.176. The number of carbonyl (C=O) groups is 1. The van der Waals surface area contributed by atoms with Crippen LogP contribution in [0.25, 0.3) is 0 Å². The lowest BCUT2D eigenvalue weighted by atomic mass is 10.2. The highest BCUT2D eigenvalue weighted by Crippen LogP contribution is 2.27. The predicted octanol–water partition coefficient (Wildman–Crippen LogP) is 2.60. The number of hydrazone groups is 1. The Morgan fingerprint density at radius 2 is 2.05 bits per heavy atom. The van der Waals surface area contributed by atoms with Crippen molar-refractivity contribution in [2.45, 2.75) is 0 Å². The third-order valence-electron chi connectivity index (χ3n) is 2.56. The van der Waals surface area contributed by atoms with E-state index in [0.717, 1.165) is 0 Å². The molecule has 0 fully saturated rings. The zero-order valence-electron chi connectivity index (χ0n) is 11.3. The summed E-state index contributed by atoms with van der Waals surface area (Å²) in [7, 11) is 0. The third-order valence-corrected chi connectivity index (χ3v) is 3.10. The van der Waals surface area contributed by atoms with Crippen LogP contribution in [0.1, 0.15) is 5.56 Å². The molecule has 114 valence electrons. The second kappa shape index (κ2) is 7.68. The number of para-hydroxylation sites is 1. The van der Waals surface area contributed by atoms with Gasteiger partial charge in [-0.25, -0.2) is 5.43 Å². The van der Waals surface area contributed by atoms with Gasteiger partial charge in [0.05, 0.1) is 11.2 Å². The molecule has 0 saturated heterocycles. The molecular weight excluding hydrogens is 327 g/mol. The molecule has 1 amide bonds. The second-order valence-electron chi connectivity index (χ2n) is 4.19. The van der Waals surface area contributed by atoms with Gasteiger partial charge >= 0.3 is 0 Å². The van der Waals surface area contributed by atoms with Crippen LogP contribution in [0.2, 0.25) is 10.0 Å². The van der Waals surface area contributed by atoms with Gasteiger partial charge in [0.1, 0.15) is 5.75 Å². The van der Waals surface area contributed by atoms with Crippen LogP contribution >= 0.6 is 23.2 Å². The van der Waals surface area contributed by atoms with Crippen molar-refractivity contribution in [3.63, 3.8) is 0 Å². The molecule has 0 unspecified atom stereocenters. The number of rotatable bonds is 5. The van der Waals surface area contributed by atoms with Crippen LogP contribution < -0.4 is 15.3 Å². The molecule has 2 rings (SSSR count). The summed E-state index contributed by atoms with van der Waals surface area (Å²) < 4.78 is 5.24. The predicted molar refractivity (Wildman–Crippen MR) is 83.6 cm³/mol. The van der Waals surface area contributed by atoms with Gasteiger partial charge in [0.15, 0.2) is 6.61 Å². The summed E-state index contributed by atoms with van der Waals surface area (Å²) >= 11 is 11.7. The molecule has 22 heavy (non-hydrogen) atoms. The van der Waals surface area contributed by atoms with Gasteiger partial charge in [0.2, 0.25) is 0 Å². The Labute approximate surface area is 137 Å². The fourth-order valence-corrected chi connectivity index (χ4v) is 1.99. The average molecular weight is 338 g/mol. The van der Waals surface area contributed by atoms with E-state index in [-0.39, 0.29) is 12.4 Å². The topological polar surface area (TPSA) is 73.8 Å². The summed E-state index contributed by atoms with van der Waals surface area (Å²) in [4.78, 5) is 11.6. The molecule has 0 aliphatic rings. The molecule has 1 N–H and O–H groups in total. The van der Waals surface area contributed by atoms with Gasteiger partial charge in [-0.15, -0.1) is 0 Å². The van der Waals surface area contributed by atoms with Crippen LogP contribution in [0.3, 0.4) is 0 Å². The van der Waals surface area contributed by atoms with Crippen molar-refractivity contribution in [1.29, 1.82) is 0 Å².